The fourth-order valence-electron chi connectivity index (χ4n) is 1.87. The topological polar surface area (TPSA) is 26.3 Å². The molecule has 0 aliphatic rings. The van der Waals surface area contributed by atoms with Gasteiger partial charge in [0, 0.05) is 5.56 Å². The smallest absolute Gasteiger partial charge is 0.306 e. The number of terminal acetylenes is 1. The molecule has 0 bridgehead atoms. The zero-order valence-electron chi connectivity index (χ0n) is 12.2. The van der Waals surface area contributed by atoms with Crippen molar-refractivity contribution < 1.29 is 9.53 Å². The molecule has 0 saturated heterocycles. The van der Waals surface area contributed by atoms with Crippen LogP contribution in [0.15, 0.2) is 24.3 Å². The summed E-state index contributed by atoms with van der Waals surface area (Å²) >= 11 is 0. The van der Waals surface area contributed by atoms with Crippen LogP contribution in [0, 0.1) is 12.3 Å². The molecule has 0 aromatic heterocycles. The molecule has 2 nitrogen and oxygen atoms in total. The van der Waals surface area contributed by atoms with Gasteiger partial charge in [-0.2, -0.15) is 0 Å². The third-order valence-corrected chi connectivity index (χ3v) is 7.90. The third kappa shape index (κ3) is 3.71. The van der Waals surface area contributed by atoms with Crippen LogP contribution in [0.25, 0.3) is 0 Å². The van der Waals surface area contributed by atoms with E-state index < -0.39 is 8.07 Å². The molecule has 0 saturated carbocycles. The van der Waals surface area contributed by atoms with Crippen LogP contribution in [0.1, 0.15) is 25.8 Å². The van der Waals surface area contributed by atoms with Crippen molar-refractivity contribution in [2.24, 2.45) is 0 Å². The molecule has 0 amide bonds. The molecular weight excluding hydrogens is 252 g/mol. The quantitative estimate of drug-likeness (QED) is 0.469. The van der Waals surface area contributed by atoms with Gasteiger partial charge in [-0.3, -0.25) is 4.79 Å². The van der Waals surface area contributed by atoms with Crippen LogP contribution in [0.2, 0.25) is 18.6 Å². The Kier molecular flexibility index (Phi) is 5.38. The number of carbonyl (C=O) groups is 1. The largest absolute Gasteiger partial charge is 0.466 e. The lowest BCUT2D eigenvalue weighted by atomic mass is 10.2. The Balaban J connectivity index is 2.89. The molecule has 102 valence electrons. The van der Waals surface area contributed by atoms with Crippen LogP contribution in [0.5, 0.6) is 0 Å². The predicted octanol–water partition coefficient (Wildman–Crippen LogP) is 2.93. The Morgan fingerprint density at radius 1 is 1.37 bits per heavy atom. The summed E-state index contributed by atoms with van der Waals surface area (Å²) < 4.78 is 5.27. The second-order valence-corrected chi connectivity index (χ2v) is 10.2. The van der Waals surface area contributed by atoms with E-state index >= 15 is 0 Å². The van der Waals surface area contributed by atoms with Crippen LogP contribution in [-0.2, 0) is 9.53 Å². The van der Waals surface area contributed by atoms with Gasteiger partial charge in [0.15, 0.2) is 0 Å². The second kappa shape index (κ2) is 6.58. The lowest BCUT2D eigenvalue weighted by Gasteiger charge is -2.28. The average Bonchev–Trinajstić information content (AvgIpc) is 2.43. The predicted molar refractivity (Wildman–Crippen MR) is 82.2 cm³/mol. The molecule has 0 N–H and O–H groups in total. The van der Waals surface area contributed by atoms with E-state index in [0.29, 0.717) is 6.61 Å². The Morgan fingerprint density at radius 2 is 1.95 bits per heavy atom. The van der Waals surface area contributed by atoms with Crippen molar-refractivity contribution in [2.45, 2.75) is 38.9 Å². The van der Waals surface area contributed by atoms with Crippen molar-refractivity contribution >= 4 is 19.2 Å². The van der Waals surface area contributed by atoms with Crippen molar-refractivity contribution in [3.8, 4) is 12.3 Å². The van der Waals surface area contributed by atoms with Crippen molar-refractivity contribution in [1.29, 1.82) is 0 Å². The number of rotatable bonds is 5. The van der Waals surface area contributed by atoms with Gasteiger partial charge in [0.2, 0.25) is 0 Å². The Hall–Kier alpha value is -1.53. The van der Waals surface area contributed by atoms with E-state index in [2.05, 4.69) is 19.0 Å². The number of carbonyl (C=O) groups excluding carboxylic acids is 1. The molecule has 1 rings (SSSR count). The van der Waals surface area contributed by atoms with Gasteiger partial charge in [-0.05, 0) is 18.6 Å². The zero-order chi connectivity index (χ0) is 14.5. The maximum absolute atomic E-state index is 12.0. The van der Waals surface area contributed by atoms with E-state index in [1.807, 2.05) is 38.1 Å². The van der Waals surface area contributed by atoms with E-state index in [1.165, 1.54) is 5.19 Å². The van der Waals surface area contributed by atoms with Crippen LogP contribution in [-0.4, -0.2) is 20.7 Å². The molecule has 3 heteroatoms. The van der Waals surface area contributed by atoms with Crippen molar-refractivity contribution in [2.75, 3.05) is 6.61 Å². The molecule has 0 heterocycles. The minimum atomic E-state index is -1.87. The highest BCUT2D eigenvalue weighted by molar-refractivity contribution is 6.93. The van der Waals surface area contributed by atoms with Gasteiger partial charge < -0.3 is 4.74 Å². The van der Waals surface area contributed by atoms with Crippen LogP contribution in [0.4, 0.5) is 0 Å². The number of esters is 1. The van der Waals surface area contributed by atoms with Gasteiger partial charge in [0.1, 0.15) is 0 Å². The minimum Gasteiger partial charge on any atom is -0.466 e. The number of hydrogen-bond acceptors (Lipinski definition) is 2. The standard InChI is InChI=1S/C16H22O2Si/c1-6-12-18-16(17)13(3)19(4,5)15-10-8-14(7-2)9-11-15/h2,8-11,13H,6,12H2,1,3-5H3. The Labute approximate surface area is 117 Å². The molecule has 19 heavy (non-hydrogen) atoms. The summed E-state index contributed by atoms with van der Waals surface area (Å²) in [5, 5.41) is 1.23. The maximum Gasteiger partial charge on any atom is 0.306 e. The van der Waals surface area contributed by atoms with Gasteiger partial charge in [0.25, 0.3) is 0 Å². The monoisotopic (exact) mass is 274 g/mol. The molecule has 0 spiro atoms. The molecular formula is C16H22O2Si. The van der Waals surface area contributed by atoms with Crippen LogP contribution in [0.3, 0.4) is 0 Å². The summed E-state index contributed by atoms with van der Waals surface area (Å²) in [5.74, 6) is 2.53. The van der Waals surface area contributed by atoms with Crippen molar-refractivity contribution in [3.05, 3.63) is 29.8 Å². The molecule has 0 radical (unpaired) electrons. The van der Waals surface area contributed by atoms with Crippen LogP contribution >= 0.6 is 0 Å². The first-order valence-corrected chi connectivity index (χ1v) is 9.75. The van der Waals surface area contributed by atoms with Gasteiger partial charge in [0.05, 0.1) is 20.2 Å². The van der Waals surface area contributed by atoms with E-state index in [0.717, 1.165) is 12.0 Å². The third-order valence-electron chi connectivity index (χ3n) is 3.68. The highest BCUT2D eigenvalue weighted by Crippen LogP contribution is 2.23. The Bertz CT molecular complexity index is 469. The van der Waals surface area contributed by atoms with Crippen LogP contribution < -0.4 is 5.19 Å². The van der Waals surface area contributed by atoms with Gasteiger partial charge in [-0.1, -0.05) is 50.2 Å². The molecule has 1 aromatic carbocycles. The number of benzene rings is 1. The normalized spacial score (nSPS) is 12.6. The molecule has 1 aromatic rings. The van der Waals surface area contributed by atoms with E-state index in [1.54, 1.807) is 0 Å². The molecule has 1 atom stereocenters. The van der Waals surface area contributed by atoms with E-state index in [4.69, 9.17) is 11.2 Å². The first-order chi connectivity index (χ1) is 8.93. The first kappa shape index (κ1) is 15.5. The molecule has 1 unspecified atom stereocenters. The molecule has 0 aliphatic heterocycles. The highest BCUT2D eigenvalue weighted by atomic mass is 28.3. The summed E-state index contributed by atoms with van der Waals surface area (Å²) in [7, 11) is -1.87. The SMILES string of the molecule is C#Cc1ccc([Si](C)(C)C(C)C(=O)OCCC)cc1. The van der Waals surface area contributed by atoms with Gasteiger partial charge in [-0.25, -0.2) is 0 Å². The summed E-state index contributed by atoms with van der Waals surface area (Å²) in [5.41, 5.74) is 0.811. The highest BCUT2D eigenvalue weighted by Gasteiger charge is 2.36. The van der Waals surface area contributed by atoms with E-state index in [9.17, 15) is 4.79 Å². The van der Waals surface area contributed by atoms with Crippen molar-refractivity contribution in [3.63, 3.8) is 0 Å². The average molecular weight is 274 g/mol. The second-order valence-electron chi connectivity index (χ2n) is 5.33. The molecule has 0 aliphatic carbocycles. The fraction of sp³-hybridized carbons (Fsp3) is 0.438. The summed E-state index contributed by atoms with van der Waals surface area (Å²) in [4.78, 5) is 12.0. The maximum atomic E-state index is 12.0. The van der Waals surface area contributed by atoms with Gasteiger partial charge >= 0.3 is 5.97 Å². The first-order valence-electron chi connectivity index (χ1n) is 6.67. The summed E-state index contributed by atoms with van der Waals surface area (Å²) in [6, 6.07) is 7.97. The summed E-state index contributed by atoms with van der Waals surface area (Å²) in [6.07, 6.45) is 6.22. The lowest BCUT2D eigenvalue weighted by Crippen LogP contribution is -2.48. The van der Waals surface area contributed by atoms with Gasteiger partial charge in [-0.15, -0.1) is 6.42 Å². The lowest BCUT2D eigenvalue weighted by molar-refractivity contribution is -0.143. The minimum absolute atomic E-state index is 0.0595. The number of hydrogen-bond donors (Lipinski definition) is 0. The fourth-order valence-corrected chi connectivity index (χ4v) is 4.07. The molecule has 0 fully saturated rings. The number of ether oxygens (including phenoxy) is 1. The Morgan fingerprint density at radius 3 is 2.42 bits per heavy atom. The zero-order valence-corrected chi connectivity index (χ0v) is 13.2. The summed E-state index contributed by atoms with van der Waals surface area (Å²) in [6.45, 7) is 8.85. The van der Waals surface area contributed by atoms with Crippen molar-refractivity contribution in [1.82, 2.24) is 0 Å². The van der Waals surface area contributed by atoms with E-state index in [-0.39, 0.29) is 11.5 Å².